The average molecular weight is 400 g/mol. The van der Waals surface area contributed by atoms with Gasteiger partial charge in [-0.3, -0.25) is 14.0 Å². The molecular weight excluding hydrogens is 390 g/mol. The summed E-state index contributed by atoms with van der Waals surface area (Å²) < 4.78 is 2.45. The van der Waals surface area contributed by atoms with Gasteiger partial charge in [-0.15, -0.1) is 0 Å². The van der Waals surface area contributed by atoms with Crippen molar-refractivity contribution in [1.82, 2.24) is 9.38 Å². The number of anilines is 1. The molecule has 2 aromatic carbocycles. The molecule has 0 radical (unpaired) electrons. The van der Waals surface area contributed by atoms with Gasteiger partial charge in [-0.2, -0.15) is 0 Å². The Labute approximate surface area is 148 Å². The number of imidazole rings is 1. The number of hydrogen-bond acceptors (Lipinski definition) is 4. The number of nitrogens with zero attached hydrogens (tertiary/aromatic N) is 2. The second-order valence-electron chi connectivity index (χ2n) is 5.13. The van der Waals surface area contributed by atoms with E-state index in [1.54, 1.807) is 12.1 Å². The van der Waals surface area contributed by atoms with Crippen LogP contribution in [-0.4, -0.2) is 15.3 Å². The first-order valence-corrected chi connectivity index (χ1v) is 8.71. The molecule has 7 heteroatoms. The Morgan fingerprint density at radius 2 is 1.88 bits per heavy atom. The summed E-state index contributed by atoms with van der Waals surface area (Å²) in [4.78, 5) is 30.1. The molecule has 0 aliphatic carbocycles. The Morgan fingerprint density at radius 3 is 2.67 bits per heavy atom. The molecule has 2 heterocycles. The second-order valence-corrected chi connectivity index (χ2v) is 7.05. The van der Waals surface area contributed by atoms with Gasteiger partial charge in [-0.05, 0) is 36.4 Å². The molecule has 2 aromatic heterocycles. The highest BCUT2D eigenvalue weighted by Gasteiger charge is 2.14. The molecule has 0 atom stereocenters. The Morgan fingerprint density at radius 1 is 1.12 bits per heavy atom. The third-order valence-corrected chi connectivity index (χ3v) is 5.04. The molecular formula is C17H10BrN3O2S. The molecule has 0 unspecified atom stereocenters. The van der Waals surface area contributed by atoms with E-state index in [2.05, 4.69) is 26.2 Å². The van der Waals surface area contributed by atoms with Gasteiger partial charge < -0.3 is 5.32 Å². The van der Waals surface area contributed by atoms with Gasteiger partial charge in [0.2, 0.25) is 0 Å². The number of amides is 1. The van der Waals surface area contributed by atoms with Crippen LogP contribution < -0.4 is 10.9 Å². The summed E-state index contributed by atoms with van der Waals surface area (Å²) in [5.41, 5.74) is 1.87. The number of aromatic nitrogens is 2. The van der Waals surface area contributed by atoms with Crippen LogP contribution in [0.1, 0.15) is 9.67 Å². The fourth-order valence-electron chi connectivity index (χ4n) is 2.43. The van der Waals surface area contributed by atoms with E-state index in [4.69, 9.17) is 0 Å². The highest BCUT2D eigenvalue weighted by atomic mass is 79.9. The van der Waals surface area contributed by atoms with Crippen LogP contribution in [-0.2, 0) is 0 Å². The first-order valence-electron chi connectivity index (χ1n) is 7.10. The lowest BCUT2D eigenvalue weighted by atomic mass is 10.3. The lowest BCUT2D eigenvalue weighted by molar-refractivity contribution is 0.103. The third kappa shape index (κ3) is 2.61. The molecule has 118 valence electrons. The van der Waals surface area contributed by atoms with Crippen LogP contribution in [0.3, 0.4) is 0 Å². The third-order valence-electron chi connectivity index (χ3n) is 3.53. The molecule has 4 aromatic rings. The molecule has 0 saturated carbocycles. The van der Waals surface area contributed by atoms with E-state index in [0.717, 1.165) is 15.5 Å². The van der Waals surface area contributed by atoms with Crippen molar-refractivity contribution in [2.24, 2.45) is 0 Å². The molecule has 0 bridgehead atoms. The summed E-state index contributed by atoms with van der Waals surface area (Å²) in [7, 11) is 0. The zero-order valence-corrected chi connectivity index (χ0v) is 14.6. The Balaban J connectivity index is 1.76. The van der Waals surface area contributed by atoms with Crippen molar-refractivity contribution in [3.63, 3.8) is 0 Å². The average Bonchev–Trinajstić information content (AvgIpc) is 2.95. The molecule has 0 aliphatic rings. The monoisotopic (exact) mass is 399 g/mol. The summed E-state index contributed by atoms with van der Waals surface area (Å²) in [6.07, 6.45) is 0. The minimum atomic E-state index is -0.325. The number of para-hydroxylation sites is 2. The predicted molar refractivity (Wildman–Crippen MR) is 98.9 cm³/mol. The molecule has 0 aliphatic heterocycles. The van der Waals surface area contributed by atoms with Crippen LogP contribution >= 0.6 is 27.3 Å². The van der Waals surface area contributed by atoms with E-state index in [1.807, 2.05) is 36.4 Å². The van der Waals surface area contributed by atoms with Crippen LogP contribution in [0.2, 0.25) is 0 Å². The van der Waals surface area contributed by atoms with Crippen LogP contribution in [0.5, 0.6) is 0 Å². The summed E-state index contributed by atoms with van der Waals surface area (Å²) in [6.45, 7) is 0. The topological polar surface area (TPSA) is 63.5 Å². The lowest BCUT2D eigenvalue weighted by Crippen LogP contribution is -2.17. The maximum absolute atomic E-state index is 12.4. The summed E-state index contributed by atoms with van der Waals surface area (Å²) in [5, 5.41) is 2.79. The smallest absolute Gasteiger partial charge is 0.266 e. The number of benzene rings is 2. The number of nitrogens with one attached hydrogen (secondary N) is 1. The van der Waals surface area contributed by atoms with E-state index < -0.39 is 0 Å². The second kappa shape index (κ2) is 5.85. The molecule has 24 heavy (non-hydrogen) atoms. The van der Waals surface area contributed by atoms with Crippen molar-refractivity contribution in [2.75, 3.05) is 5.32 Å². The molecule has 4 rings (SSSR count). The predicted octanol–water partition coefficient (Wildman–Crippen LogP) is 3.92. The molecule has 0 spiro atoms. The van der Waals surface area contributed by atoms with E-state index in [1.165, 1.54) is 21.8 Å². The first kappa shape index (κ1) is 15.0. The van der Waals surface area contributed by atoms with E-state index in [9.17, 15) is 9.59 Å². The molecule has 1 amide bonds. The molecule has 1 N–H and O–H groups in total. The van der Waals surface area contributed by atoms with Crippen LogP contribution in [0.15, 0.2) is 63.9 Å². The number of halogens is 1. The van der Waals surface area contributed by atoms with Crippen LogP contribution in [0.25, 0.3) is 16.0 Å². The summed E-state index contributed by atoms with van der Waals surface area (Å²) in [5.74, 6) is -0.325. The molecule has 0 saturated heterocycles. The van der Waals surface area contributed by atoms with Gasteiger partial charge in [0.15, 0.2) is 4.96 Å². The van der Waals surface area contributed by atoms with Gasteiger partial charge in [0.05, 0.1) is 11.0 Å². The zero-order chi connectivity index (χ0) is 16.7. The highest BCUT2D eigenvalue weighted by Crippen LogP contribution is 2.20. The quantitative estimate of drug-likeness (QED) is 0.555. The van der Waals surface area contributed by atoms with Crippen molar-refractivity contribution in [3.8, 4) is 0 Å². The first-order chi connectivity index (χ1) is 11.6. The highest BCUT2D eigenvalue weighted by molar-refractivity contribution is 9.10. The van der Waals surface area contributed by atoms with Gasteiger partial charge in [0, 0.05) is 16.2 Å². The SMILES string of the molecule is O=C(Nc1ccc(Br)cc1)c1cc(=O)n2c(nc3ccccc32)s1. The van der Waals surface area contributed by atoms with E-state index in [0.29, 0.717) is 15.5 Å². The van der Waals surface area contributed by atoms with Gasteiger partial charge in [0.1, 0.15) is 4.88 Å². The fourth-order valence-corrected chi connectivity index (χ4v) is 3.62. The van der Waals surface area contributed by atoms with Crippen molar-refractivity contribution in [3.05, 3.63) is 74.3 Å². The number of carbonyl (C=O) groups excluding carboxylic acids is 1. The largest absolute Gasteiger partial charge is 0.321 e. The Bertz CT molecular complexity index is 1130. The zero-order valence-electron chi connectivity index (χ0n) is 12.2. The fraction of sp³-hybridized carbons (Fsp3) is 0. The minimum Gasteiger partial charge on any atom is -0.321 e. The summed E-state index contributed by atoms with van der Waals surface area (Å²) in [6, 6.07) is 16.0. The molecule has 0 fully saturated rings. The van der Waals surface area contributed by atoms with Crippen LogP contribution in [0.4, 0.5) is 5.69 Å². The van der Waals surface area contributed by atoms with Gasteiger partial charge in [-0.25, -0.2) is 4.98 Å². The van der Waals surface area contributed by atoms with E-state index in [-0.39, 0.29) is 11.5 Å². The normalized spacial score (nSPS) is 11.0. The lowest BCUT2D eigenvalue weighted by Gasteiger charge is -2.05. The van der Waals surface area contributed by atoms with Crippen molar-refractivity contribution in [2.45, 2.75) is 0 Å². The van der Waals surface area contributed by atoms with Gasteiger partial charge in [0.25, 0.3) is 11.5 Å². The van der Waals surface area contributed by atoms with Crippen molar-refractivity contribution >= 4 is 54.9 Å². The Kier molecular flexibility index (Phi) is 3.66. The number of hydrogen-bond donors (Lipinski definition) is 1. The standard InChI is InChI=1S/C17H10BrN3O2S/c18-10-5-7-11(8-6-10)19-16(23)14-9-15(22)21-13-4-2-1-3-12(13)20-17(21)24-14/h1-9H,(H,19,23). The minimum absolute atomic E-state index is 0.265. The van der Waals surface area contributed by atoms with Crippen molar-refractivity contribution < 1.29 is 4.79 Å². The maximum atomic E-state index is 12.4. The number of fused-ring (bicyclic) bond motifs is 3. The van der Waals surface area contributed by atoms with E-state index >= 15 is 0 Å². The van der Waals surface area contributed by atoms with Gasteiger partial charge in [-0.1, -0.05) is 39.4 Å². The van der Waals surface area contributed by atoms with Gasteiger partial charge >= 0.3 is 0 Å². The van der Waals surface area contributed by atoms with Crippen molar-refractivity contribution in [1.29, 1.82) is 0 Å². The number of carbonyl (C=O) groups is 1. The number of rotatable bonds is 2. The van der Waals surface area contributed by atoms with Crippen LogP contribution in [0, 0.1) is 0 Å². The Hall–Kier alpha value is -2.51. The maximum Gasteiger partial charge on any atom is 0.266 e. The summed E-state index contributed by atoms with van der Waals surface area (Å²) >= 11 is 4.53. The molecule has 5 nitrogen and oxygen atoms in total.